The number of rotatable bonds is 2. The molecule has 0 radical (unpaired) electrons. The molecule has 0 aliphatic heterocycles. The molecule has 0 saturated heterocycles. The number of H-pyrrole nitrogens is 1. The van der Waals surface area contributed by atoms with Gasteiger partial charge in [0.05, 0.1) is 0 Å². The van der Waals surface area contributed by atoms with Crippen LogP contribution in [-0.4, -0.2) is 20.6 Å². The number of nitrogens with one attached hydrogen (secondary N) is 1. The van der Waals surface area contributed by atoms with E-state index in [2.05, 4.69) is 20.6 Å². The van der Waals surface area contributed by atoms with Crippen molar-refractivity contribution in [2.24, 2.45) is 0 Å². The first-order chi connectivity index (χ1) is 6.75. The molecule has 1 aromatic carbocycles. The molecule has 0 bridgehead atoms. The van der Waals surface area contributed by atoms with Crippen molar-refractivity contribution in [1.29, 1.82) is 0 Å². The van der Waals surface area contributed by atoms with E-state index in [1.807, 2.05) is 0 Å². The number of tetrazole rings is 1. The molecule has 2 rings (SSSR count). The third kappa shape index (κ3) is 1.88. The second-order valence-electron chi connectivity index (χ2n) is 2.74. The summed E-state index contributed by atoms with van der Waals surface area (Å²) in [6, 6.07) is 4.36. The average Bonchev–Trinajstić information content (AvgIpc) is 2.64. The molecule has 1 heterocycles. The zero-order chi connectivity index (χ0) is 9.97. The lowest BCUT2D eigenvalue weighted by Crippen LogP contribution is -1.94. The molecule has 1 aromatic heterocycles. The van der Waals surface area contributed by atoms with Gasteiger partial charge in [0.15, 0.2) is 5.82 Å². The van der Waals surface area contributed by atoms with Crippen molar-refractivity contribution in [3.8, 4) is 0 Å². The van der Waals surface area contributed by atoms with E-state index in [1.165, 1.54) is 12.1 Å². The van der Waals surface area contributed by atoms with Crippen LogP contribution in [0.1, 0.15) is 11.4 Å². The fraction of sp³-hybridized carbons (Fsp3) is 0.125. The van der Waals surface area contributed by atoms with Crippen LogP contribution >= 0.6 is 11.6 Å². The Hall–Kier alpha value is -1.49. The quantitative estimate of drug-likeness (QED) is 0.823. The van der Waals surface area contributed by atoms with Gasteiger partial charge in [-0.1, -0.05) is 16.8 Å². The molecule has 0 aliphatic rings. The maximum absolute atomic E-state index is 13.2. The zero-order valence-electron chi connectivity index (χ0n) is 7.04. The molecule has 0 fully saturated rings. The number of nitrogens with zero attached hydrogens (tertiary/aromatic N) is 3. The van der Waals surface area contributed by atoms with E-state index in [4.69, 9.17) is 11.6 Å². The molecule has 0 saturated carbocycles. The van der Waals surface area contributed by atoms with Crippen LogP contribution in [0.5, 0.6) is 0 Å². The molecular formula is C8H6ClFN4. The van der Waals surface area contributed by atoms with Gasteiger partial charge in [0.25, 0.3) is 0 Å². The molecule has 2 aromatic rings. The van der Waals surface area contributed by atoms with Crippen LogP contribution in [0.2, 0.25) is 5.02 Å². The van der Waals surface area contributed by atoms with E-state index < -0.39 is 0 Å². The summed E-state index contributed by atoms with van der Waals surface area (Å²) in [4.78, 5) is 0. The maximum atomic E-state index is 13.2. The number of hydrogen-bond donors (Lipinski definition) is 1. The highest BCUT2D eigenvalue weighted by Crippen LogP contribution is 2.16. The Balaban J connectivity index is 2.28. The highest BCUT2D eigenvalue weighted by Gasteiger charge is 2.06. The highest BCUT2D eigenvalue weighted by molar-refractivity contribution is 6.30. The van der Waals surface area contributed by atoms with Crippen LogP contribution in [0.25, 0.3) is 0 Å². The molecule has 0 amide bonds. The molecule has 72 valence electrons. The van der Waals surface area contributed by atoms with E-state index in [0.29, 0.717) is 16.4 Å². The monoisotopic (exact) mass is 212 g/mol. The van der Waals surface area contributed by atoms with Gasteiger partial charge in [0.2, 0.25) is 0 Å². The lowest BCUT2D eigenvalue weighted by atomic mass is 10.1. The topological polar surface area (TPSA) is 54.5 Å². The smallest absolute Gasteiger partial charge is 0.179 e. The van der Waals surface area contributed by atoms with Crippen molar-refractivity contribution < 1.29 is 4.39 Å². The Labute approximate surface area is 84.1 Å². The summed E-state index contributed by atoms with van der Waals surface area (Å²) in [6.07, 6.45) is 0.281. The molecule has 0 atom stereocenters. The van der Waals surface area contributed by atoms with Gasteiger partial charge >= 0.3 is 0 Å². The molecule has 0 spiro atoms. The minimum absolute atomic E-state index is 0.281. The van der Waals surface area contributed by atoms with Crippen LogP contribution in [0.15, 0.2) is 18.2 Å². The SMILES string of the molecule is Fc1ccc(Cl)cc1Cc1nn[nH]n1. The van der Waals surface area contributed by atoms with Crippen molar-refractivity contribution in [2.75, 3.05) is 0 Å². The lowest BCUT2D eigenvalue weighted by molar-refractivity contribution is 0.612. The minimum atomic E-state index is -0.320. The van der Waals surface area contributed by atoms with Crippen molar-refractivity contribution in [1.82, 2.24) is 20.6 Å². The minimum Gasteiger partial charge on any atom is -0.207 e. The van der Waals surface area contributed by atoms with Gasteiger partial charge in [-0.05, 0) is 23.8 Å². The van der Waals surface area contributed by atoms with Gasteiger partial charge in [-0.15, -0.1) is 10.2 Å². The normalized spacial score (nSPS) is 10.4. The van der Waals surface area contributed by atoms with Crippen LogP contribution in [-0.2, 0) is 6.42 Å². The first kappa shape index (κ1) is 9.08. The Morgan fingerprint density at radius 2 is 2.29 bits per heavy atom. The largest absolute Gasteiger partial charge is 0.207 e. The van der Waals surface area contributed by atoms with Crippen molar-refractivity contribution >= 4 is 11.6 Å². The summed E-state index contributed by atoms with van der Waals surface area (Å²) in [7, 11) is 0. The number of aromatic nitrogens is 4. The van der Waals surface area contributed by atoms with E-state index in [1.54, 1.807) is 6.07 Å². The summed E-state index contributed by atoms with van der Waals surface area (Å²) < 4.78 is 13.2. The Bertz CT molecular complexity index is 429. The van der Waals surface area contributed by atoms with Gasteiger partial charge in [-0.3, -0.25) is 0 Å². The Kier molecular flexibility index (Phi) is 2.41. The molecule has 6 heteroatoms. The van der Waals surface area contributed by atoms with E-state index in [0.717, 1.165) is 0 Å². The van der Waals surface area contributed by atoms with Gasteiger partial charge in [0.1, 0.15) is 5.82 Å². The zero-order valence-corrected chi connectivity index (χ0v) is 7.79. The first-order valence-electron chi connectivity index (χ1n) is 3.92. The molecule has 14 heavy (non-hydrogen) atoms. The molecule has 1 N–H and O–H groups in total. The predicted octanol–water partition coefficient (Wildman–Crippen LogP) is 1.58. The van der Waals surface area contributed by atoms with Crippen LogP contribution in [0.3, 0.4) is 0 Å². The molecule has 4 nitrogen and oxygen atoms in total. The Morgan fingerprint density at radius 3 is 3.00 bits per heavy atom. The van der Waals surface area contributed by atoms with Gasteiger partial charge < -0.3 is 0 Å². The van der Waals surface area contributed by atoms with Crippen molar-refractivity contribution in [3.05, 3.63) is 40.4 Å². The van der Waals surface area contributed by atoms with Crippen molar-refractivity contribution in [2.45, 2.75) is 6.42 Å². The number of aromatic amines is 1. The summed E-state index contributed by atoms with van der Waals surface area (Å²) in [5.41, 5.74) is 0.457. The van der Waals surface area contributed by atoms with Crippen LogP contribution in [0.4, 0.5) is 4.39 Å². The summed E-state index contributed by atoms with van der Waals surface area (Å²) in [6.45, 7) is 0. The standard InChI is InChI=1S/C8H6ClFN4/c9-6-1-2-7(10)5(3-6)4-8-11-13-14-12-8/h1-3H,4H2,(H,11,12,13,14). The number of hydrogen-bond acceptors (Lipinski definition) is 3. The average molecular weight is 213 g/mol. The molecule has 0 unspecified atom stereocenters. The maximum Gasteiger partial charge on any atom is 0.179 e. The fourth-order valence-corrected chi connectivity index (χ4v) is 1.30. The van der Waals surface area contributed by atoms with Crippen molar-refractivity contribution in [3.63, 3.8) is 0 Å². The van der Waals surface area contributed by atoms with Gasteiger partial charge in [-0.25, -0.2) is 4.39 Å². The third-order valence-electron chi connectivity index (χ3n) is 1.75. The number of halogens is 2. The van der Waals surface area contributed by atoms with Crippen LogP contribution < -0.4 is 0 Å². The first-order valence-corrected chi connectivity index (χ1v) is 4.30. The van der Waals surface area contributed by atoms with E-state index >= 15 is 0 Å². The van der Waals surface area contributed by atoms with Gasteiger partial charge in [0, 0.05) is 11.4 Å². The summed E-state index contributed by atoms with van der Waals surface area (Å²) in [5.74, 6) is 0.116. The van der Waals surface area contributed by atoms with Crippen LogP contribution in [0, 0.1) is 5.82 Å². The molecular weight excluding hydrogens is 207 g/mol. The summed E-state index contributed by atoms with van der Waals surface area (Å²) >= 11 is 5.73. The molecule has 0 aliphatic carbocycles. The lowest BCUT2D eigenvalue weighted by Gasteiger charge is -1.99. The van der Waals surface area contributed by atoms with E-state index in [-0.39, 0.29) is 12.2 Å². The number of benzene rings is 1. The third-order valence-corrected chi connectivity index (χ3v) is 1.98. The Morgan fingerprint density at radius 1 is 1.43 bits per heavy atom. The van der Waals surface area contributed by atoms with Gasteiger partial charge in [-0.2, -0.15) is 5.21 Å². The second kappa shape index (κ2) is 3.71. The second-order valence-corrected chi connectivity index (χ2v) is 3.18. The highest BCUT2D eigenvalue weighted by atomic mass is 35.5. The predicted molar refractivity (Wildman–Crippen MR) is 48.4 cm³/mol. The fourth-order valence-electron chi connectivity index (χ4n) is 1.11. The summed E-state index contributed by atoms with van der Waals surface area (Å²) in [5, 5.41) is 13.6. The van der Waals surface area contributed by atoms with E-state index in [9.17, 15) is 4.39 Å².